The van der Waals surface area contributed by atoms with Crippen LogP contribution in [-0.2, 0) is 20.7 Å². The molecular weight excluding hydrogens is 382 g/mol. The maximum Gasteiger partial charge on any atom is 0.344 e. The second-order valence-electron chi connectivity index (χ2n) is 7.41. The number of esters is 1. The number of aryl methyl sites for hydroxylation is 1. The molecule has 0 spiro atoms. The lowest BCUT2D eigenvalue weighted by atomic mass is 9.95. The summed E-state index contributed by atoms with van der Waals surface area (Å²) in [6, 6.07) is 14.4. The van der Waals surface area contributed by atoms with E-state index in [4.69, 9.17) is 9.47 Å². The van der Waals surface area contributed by atoms with Gasteiger partial charge in [-0.2, -0.15) is 0 Å². The molecule has 30 heavy (non-hydrogen) atoms. The minimum Gasteiger partial charge on any atom is -0.482 e. The molecule has 0 aliphatic heterocycles. The van der Waals surface area contributed by atoms with Crippen molar-refractivity contribution >= 4 is 17.7 Å². The number of hydrogen-bond donors (Lipinski definition) is 1. The Morgan fingerprint density at radius 2 is 1.57 bits per heavy atom. The van der Waals surface area contributed by atoms with Gasteiger partial charge in [-0.3, -0.25) is 9.59 Å². The summed E-state index contributed by atoms with van der Waals surface area (Å²) in [4.78, 5) is 35.4. The quantitative estimate of drug-likeness (QED) is 0.474. The molecule has 6 nitrogen and oxygen atoms in total. The van der Waals surface area contributed by atoms with Gasteiger partial charge in [0.05, 0.1) is 6.04 Å². The Kier molecular flexibility index (Phi) is 8.59. The van der Waals surface area contributed by atoms with Crippen molar-refractivity contribution in [3.05, 3.63) is 65.2 Å². The lowest BCUT2D eigenvalue weighted by Crippen LogP contribution is -2.35. The first kappa shape index (κ1) is 23.1. The van der Waals surface area contributed by atoms with Crippen LogP contribution in [0.25, 0.3) is 0 Å². The van der Waals surface area contributed by atoms with Crippen LogP contribution in [-0.4, -0.2) is 30.9 Å². The van der Waals surface area contributed by atoms with Crippen molar-refractivity contribution in [2.45, 2.75) is 40.2 Å². The van der Waals surface area contributed by atoms with E-state index >= 15 is 0 Å². The number of hydrogen-bond acceptors (Lipinski definition) is 5. The summed E-state index contributed by atoms with van der Waals surface area (Å²) >= 11 is 0. The number of rotatable bonds is 10. The molecule has 0 bridgehead atoms. The van der Waals surface area contributed by atoms with Gasteiger partial charge in [-0.1, -0.05) is 45.0 Å². The van der Waals surface area contributed by atoms with Crippen LogP contribution in [0.15, 0.2) is 48.5 Å². The number of carbonyl (C=O) groups excluding carboxylic acids is 3. The molecule has 1 N–H and O–H groups in total. The lowest BCUT2D eigenvalue weighted by molar-refractivity contribution is -0.150. The topological polar surface area (TPSA) is 81.7 Å². The number of Topliss-reactive ketones (excluding diaryl/α,β-unsaturated/α-hetero) is 1. The summed E-state index contributed by atoms with van der Waals surface area (Å²) in [6.45, 7) is 6.92. The standard InChI is InChI=1S/C24H29NO5/c1-5-18-6-8-20(9-7-18)24(16(2)3)25-22(27)14-30-23(28)15-29-21-12-10-19(11-13-21)17(4)26/h6-13,16,24H,5,14-15H2,1-4H3,(H,25,27)/t24-/m1/s1. The van der Waals surface area contributed by atoms with Gasteiger partial charge in [0.1, 0.15) is 5.75 Å². The van der Waals surface area contributed by atoms with Crippen LogP contribution in [0.3, 0.4) is 0 Å². The van der Waals surface area contributed by atoms with E-state index in [1.165, 1.54) is 12.5 Å². The Balaban J connectivity index is 1.81. The molecule has 0 aliphatic carbocycles. The SMILES string of the molecule is CCc1ccc([C@H](NC(=O)COC(=O)COc2ccc(C(C)=O)cc2)C(C)C)cc1. The van der Waals surface area contributed by atoms with Crippen LogP contribution in [0.2, 0.25) is 0 Å². The van der Waals surface area contributed by atoms with E-state index in [9.17, 15) is 14.4 Å². The third-order valence-electron chi connectivity index (χ3n) is 4.71. The summed E-state index contributed by atoms with van der Waals surface area (Å²) in [5.74, 6) is -0.440. The van der Waals surface area contributed by atoms with E-state index in [2.05, 4.69) is 24.4 Å². The fourth-order valence-corrected chi connectivity index (χ4v) is 2.93. The van der Waals surface area contributed by atoms with Crippen molar-refractivity contribution in [3.8, 4) is 5.75 Å². The van der Waals surface area contributed by atoms with Crippen LogP contribution in [0.5, 0.6) is 5.75 Å². The number of ketones is 1. The zero-order chi connectivity index (χ0) is 22.1. The van der Waals surface area contributed by atoms with Crippen molar-refractivity contribution in [1.29, 1.82) is 0 Å². The fraction of sp³-hybridized carbons (Fsp3) is 0.375. The summed E-state index contributed by atoms with van der Waals surface area (Å²) in [5.41, 5.74) is 2.81. The second kappa shape index (κ2) is 11.1. The lowest BCUT2D eigenvalue weighted by Gasteiger charge is -2.23. The van der Waals surface area contributed by atoms with Crippen molar-refractivity contribution < 1.29 is 23.9 Å². The zero-order valence-electron chi connectivity index (χ0n) is 17.9. The maximum atomic E-state index is 12.3. The van der Waals surface area contributed by atoms with E-state index < -0.39 is 5.97 Å². The number of amides is 1. The molecule has 160 valence electrons. The average molecular weight is 411 g/mol. The minimum atomic E-state index is -0.644. The third-order valence-corrected chi connectivity index (χ3v) is 4.71. The van der Waals surface area contributed by atoms with Gasteiger partial charge in [0, 0.05) is 5.56 Å². The Hall–Kier alpha value is -3.15. The molecule has 0 fully saturated rings. The first-order valence-electron chi connectivity index (χ1n) is 10.1. The Bertz CT molecular complexity index is 856. The van der Waals surface area contributed by atoms with Crippen molar-refractivity contribution in [1.82, 2.24) is 5.32 Å². The smallest absolute Gasteiger partial charge is 0.344 e. The molecule has 0 heterocycles. The van der Waals surface area contributed by atoms with Crippen LogP contribution >= 0.6 is 0 Å². The number of ether oxygens (including phenoxy) is 2. The van der Waals surface area contributed by atoms with Gasteiger partial charge in [0.2, 0.25) is 0 Å². The van der Waals surface area contributed by atoms with E-state index in [0.717, 1.165) is 12.0 Å². The normalized spacial score (nSPS) is 11.6. The molecule has 0 saturated carbocycles. The van der Waals surface area contributed by atoms with Crippen molar-refractivity contribution in [2.75, 3.05) is 13.2 Å². The molecule has 2 rings (SSSR count). The van der Waals surface area contributed by atoms with Crippen LogP contribution in [0.4, 0.5) is 0 Å². The predicted molar refractivity (Wildman–Crippen MR) is 114 cm³/mol. The average Bonchev–Trinajstić information content (AvgIpc) is 2.74. The molecule has 0 aromatic heterocycles. The number of carbonyl (C=O) groups is 3. The number of benzene rings is 2. The molecule has 0 saturated heterocycles. The summed E-state index contributed by atoms with van der Waals surface area (Å²) in [5, 5.41) is 2.93. The summed E-state index contributed by atoms with van der Waals surface area (Å²) in [7, 11) is 0. The van der Waals surface area contributed by atoms with Gasteiger partial charge >= 0.3 is 5.97 Å². The molecular formula is C24H29NO5. The highest BCUT2D eigenvalue weighted by atomic mass is 16.6. The van der Waals surface area contributed by atoms with E-state index in [1.54, 1.807) is 24.3 Å². The monoisotopic (exact) mass is 411 g/mol. The van der Waals surface area contributed by atoms with Crippen LogP contribution < -0.4 is 10.1 Å². The third kappa shape index (κ3) is 7.03. The van der Waals surface area contributed by atoms with Crippen LogP contribution in [0.1, 0.15) is 55.2 Å². The van der Waals surface area contributed by atoms with E-state index in [0.29, 0.717) is 11.3 Å². The van der Waals surface area contributed by atoms with Gasteiger partial charge in [-0.05, 0) is 54.7 Å². The molecule has 0 unspecified atom stereocenters. The summed E-state index contributed by atoms with van der Waals surface area (Å²) in [6.07, 6.45) is 0.956. The molecule has 6 heteroatoms. The fourth-order valence-electron chi connectivity index (χ4n) is 2.93. The Morgan fingerprint density at radius 3 is 2.10 bits per heavy atom. The van der Waals surface area contributed by atoms with Crippen molar-refractivity contribution in [3.63, 3.8) is 0 Å². The molecule has 2 aromatic carbocycles. The highest BCUT2D eigenvalue weighted by molar-refractivity contribution is 5.94. The van der Waals surface area contributed by atoms with Crippen molar-refractivity contribution in [2.24, 2.45) is 5.92 Å². The molecule has 1 amide bonds. The van der Waals surface area contributed by atoms with Gasteiger partial charge in [0.15, 0.2) is 19.0 Å². The molecule has 1 atom stereocenters. The van der Waals surface area contributed by atoms with Gasteiger partial charge in [-0.25, -0.2) is 4.79 Å². The van der Waals surface area contributed by atoms with Gasteiger partial charge < -0.3 is 14.8 Å². The molecule has 2 aromatic rings. The first-order chi connectivity index (χ1) is 14.3. The molecule has 0 radical (unpaired) electrons. The number of nitrogens with one attached hydrogen (secondary N) is 1. The Morgan fingerprint density at radius 1 is 0.933 bits per heavy atom. The van der Waals surface area contributed by atoms with Gasteiger partial charge in [-0.15, -0.1) is 0 Å². The molecule has 0 aliphatic rings. The van der Waals surface area contributed by atoms with E-state index in [-0.39, 0.29) is 36.9 Å². The second-order valence-corrected chi connectivity index (χ2v) is 7.41. The highest BCUT2D eigenvalue weighted by Crippen LogP contribution is 2.22. The highest BCUT2D eigenvalue weighted by Gasteiger charge is 2.19. The van der Waals surface area contributed by atoms with E-state index in [1.807, 2.05) is 26.0 Å². The zero-order valence-corrected chi connectivity index (χ0v) is 17.9. The maximum absolute atomic E-state index is 12.3. The summed E-state index contributed by atoms with van der Waals surface area (Å²) < 4.78 is 10.3. The Labute approximate surface area is 177 Å². The largest absolute Gasteiger partial charge is 0.482 e. The van der Waals surface area contributed by atoms with Crippen LogP contribution in [0, 0.1) is 5.92 Å². The predicted octanol–water partition coefficient (Wildman–Crippen LogP) is 3.89. The first-order valence-corrected chi connectivity index (χ1v) is 10.1. The minimum absolute atomic E-state index is 0.0482. The van der Waals surface area contributed by atoms with Gasteiger partial charge in [0.25, 0.3) is 5.91 Å².